The molecule has 0 spiro atoms. The average molecular weight is 575 g/mol. The maximum atomic E-state index is 14.3. The number of nitrogens with zero attached hydrogens (tertiary/aromatic N) is 5. The van der Waals surface area contributed by atoms with Gasteiger partial charge in [0.15, 0.2) is 17.5 Å². The summed E-state index contributed by atoms with van der Waals surface area (Å²) < 4.78 is 31.2. The van der Waals surface area contributed by atoms with E-state index in [1.807, 2.05) is 6.07 Å². The highest BCUT2D eigenvalue weighted by molar-refractivity contribution is 5.88. The summed E-state index contributed by atoms with van der Waals surface area (Å²) in [6.45, 7) is 1.63. The van der Waals surface area contributed by atoms with Gasteiger partial charge in [0.25, 0.3) is 5.91 Å². The molecule has 0 unspecified atom stereocenters. The van der Waals surface area contributed by atoms with Crippen LogP contribution in [0, 0.1) is 12.7 Å². The quantitative estimate of drug-likeness (QED) is 0.313. The van der Waals surface area contributed by atoms with Gasteiger partial charge in [0.1, 0.15) is 23.9 Å². The molecule has 1 fully saturated rings. The summed E-state index contributed by atoms with van der Waals surface area (Å²) in [5, 5.41) is 15.3. The Kier molecular flexibility index (Phi) is 7.85. The number of carbonyl (C=O) groups is 2. The number of ether oxygens (including phenoxy) is 2. The third kappa shape index (κ3) is 5.97. The zero-order valence-corrected chi connectivity index (χ0v) is 23.2. The topological polar surface area (TPSA) is 125 Å². The number of furan rings is 1. The summed E-state index contributed by atoms with van der Waals surface area (Å²) in [6, 6.07) is 13.9. The normalized spacial score (nSPS) is 15.4. The first kappa shape index (κ1) is 27.4. The Labute approximate surface area is 241 Å². The third-order valence-electron chi connectivity index (χ3n) is 7.50. The number of benzene rings is 2. The van der Waals surface area contributed by atoms with Crippen molar-refractivity contribution in [2.24, 2.45) is 0 Å². The molecule has 4 aromatic rings. The van der Waals surface area contributed by atoms with E-state index in [1.54, 1.807) is 43.3 Å². The van der Waals surface area contributed by atoms with E-state index in [-0.39, 0.29) is 43.2 Å². The molecular formula is C30H31FN6O5. The third-order valence-corrected chi connectivity index (χ3v) is 7.50. The van der Waals surface area contributed by atoms with E-state index in [0.29, 0.717) is 23.0 Å². The lowest BCUT2D eigenvalue weighted by atomic mass is 9.95. The number of aromatic nitrogens is 4. The van der Waals surface area contributed by atoms with Crippen molar-refractivity contribution in [2.75, 3.05) is 6.79 Å². The van der Waals surface area contributed by atoms with Crippen molar-refractivity contribution < 1.29 is 27.9 Å². The molecule has 2 amide bonds. The Balaban J connectivity index is 1.32. The molecule has 2 aliphatic rings. The van der Waals surface area contributed by atoms with Gasteiger partial charge in [-0.1, -0.05) is 37.5 Å². The van der Waals surface area contributed by atoms with Gasteiger partial charge in [0.2, 0.25) is 18.5 Å². The van der Waals surface area contributed by atoms with Crippen molar-refractivity contribution in [2.45, 2.75) is 64.2 Å². The lowest BCUT2D eigenvalue weighted by Crippen LogP contribution is -2.47. The van der Waals surface area contributed by atoms with Gasteiger partial charge in [-0.3, -0.25) is 9.59 Å². The molecule has 42 heavy (non-hydrogen) atoms. The second kappa shape index (κ2) is 12.0. The van der Waals surface area contributed by atoms with Crippen molar-refractivity contribution in [3.63, 3.8) is 0 Å². The monoisotopic (exact) mass is 574 g/mol. The highest BCUT2D eigenvalue weighted by Gasteiger charge is 2.36. The Hall–Kier alpha value is -4.74. The van der Waals surface area contributed by atoms with E-state index in [9.17, 15) is 14.0 Å². The molecule has 1 aliphatic heterocycles. The number of hydrogen-bond donors (Lipinski definition) is 1. The highest BCUT2D eigenvalue weighted by atomic mass is 19.1. The molecule has 11 nitrogen and oxygen atoms in total. The van der Waals surface area contributed by atoms with Gasteiger partial charge in [-0.05, 0) is 66.9 Å². The lowest BCUT2D eigenvalue weighted by molar-refractivity contribution is -0.143. The van der Waals surface area contributed by atoms with E-state index in [4.69, 9.17) is 13.9 Å². The first-order valence-corrected chi connectivity index (χ1v) is 14.0. The van der Waals surface area contributed by atoms with Crippen LogP contribution < -0.4 is 14.8 Å². The minimum Gasteiger partial charge on any atom is -0.464 e. The summed E-state index contributed by atoms with van der Waals surface area (Å²) in [5.41, 5.74) is 0.897. The van der Waals surface area contributed by atoms with Crippen LogP contribution in [-0.2, 0) is 22.7 Å². The van der Waals surface area contributed by atoms with Crippen molar-refractivity contribution in [3.05, 3.63) is 77.5 Å². The van der Waals surface area contributed by atoms with Gasteiger partial charge in [0.05, 0.1) is 5.56 Å². The van der Waals surface area contributed by atoms with Crippen molar-refractivity contribution in [1.29, 1.82) is 0 Å². The summed E-state index contributed by atoms with van der Waals surface area (Å²) in [4.78, 5) is 30.5. The predicted octanol–water partition coefficient (Wildman–Crippen LogP) is 4.33. The molecule has 6 rings (SSSR count). The van der Waals surface area contributed by atoms with Crippen LogP contribution in [0.5, 0.6) is 11.5 Å². The molecule has 12 heteroatoms. The zero-order valence-electron chi connectivity index (χ0n) is 23.2. The molecule has 3 heterocycles. The molecule has 0 radical (unpaired) electrons. The van der Waals surface area contributed by atoms with Gasteiger partial charge in [-0.2, -0.15) is 4.80 Å². The van der Waals surface area contributed by atoms with E-state index < -0.39 is 17.8 Å². The number of aryl methyl sites for hydroxylation is 1. The van der Waals surface area contributed by atoms with Crippen LogP contribution in [0.25, 0.3) is 11.4 Å². The van der Waals surface area contributed by atoms with E-state index in [1.165, 1.54) is 17.0 Å². The number of hydrogen-bond acceptors (Lipinski definition) is 8. The molecular weight excluding hydrogens is 543 g/mol. The standard InChI is InChI=1S/C30H31FN6O5/c1-19-11-13-25(42-19)28(30(39)32-21-7-3-2-4-8-21)36(16-20-12-14-24-26(15-20)41-18-40-24)27(38)17-37-34-29(33-35-37)22-9-5-6-10-23(22)31/h5-6,9-15,21,28H,2-4,7-8,16-18H2,1H3,(H,32,39)/t28-/m1/s1. The molecule has 0 saturated heterocycles. The minimum absolute atomic E-state index is 0.0209. The van der Waals surface area contributed by atoms with Crippen LogP contribution in [0.2, 0.25) is 0 Å². The van der Waals surface area contributed by atoms with Gasteiger partial charge < -0.3 is 24.1 Å². The Morgan fingerprint density at radius 1 is 1.07 bits per heavy atom. The zero-order chi connectivity index (χ0) is 29.1. The fourth-order valence-corrected chi connectivity index (χ4v) is 5.38. The van der Waals surface area contributed by atoms with Crippen LogP contribution in [0.15, 0.2) is 59.0 Å². The summed E-state index contributed by atoms with van der Waals surface area (Å²) in [7, 11) is 0. The second-order valence-electron chi connectivity index (χ2n) is 10.5. The van der Waals surface area contributed by atoms with Gasteiger partial charge in [-0.25, -0.2) is 4.39 Å². The van der Waals surface area contributed by atoms with Crippen molar-refractivity contribution in [1.82, 2.24) is 30.4 Å². The number of amides is 2. The maximum absolute atomic E-state index is 14.3. The van der Waals surface area contributed by atoms with Gasteiger partial charge in [-0.15, -0.1) is 10.2 Å². The lowest BCUT2D eigenvalue weighted by Gasteiger charge is -2.32. The number of fused-ring (bicyclic) bond motifs is 1. The Morgan fingerprint density at radius 2 is 1.88 bits per heavy atom. The van der Waals surface area contributed by atoms with E-state index in [2.05, 4.69) is 20.7 Å². The van der Waals surface area contributed by atoms with Gasteiger partial charge >= 0.3 is 0 Å². The van der Waals surface area contributed by atoms with Crippen molar-refractivity contribution >= 4 is 11.8 Å². The van der Waals surface area contributed by atoms with Crippen molar-refractivity contribution in [3.8, 4) is 22.9 Å². The number of tetrazole rings is 1. The Bertz CT molecular complexity index is 1580. The first-order chi connectivity index (χ1) is 20.4. The molecule has 1 aliphatic carbocycles. The minimum atomic E-state index is -1.06. The summed E-state index contributed by atoms with van der Waals surface area (Å²) >= 11 is 0. The Morgan fingerprint density at radius 3 is 2.67 bits per heavy atom. The number of carbonyl (C=O) groups excluding carboxylic acids is 2. The number of halogens is 1. The molecule has 218 valence electrons. The molecule has 2 aromatic heterocycles. The fourth-order valence-electron chi connectivity index (χ4n) is 5.38. The van der Waals surface area contributed by atoms with E-state index >= 15 is 0 Å². The fraction of sp³-hybridized carbons (Fsp3) is 0.367. The largest absolute Gasteiger partial charge is 0.464 e. The molecule has 0 bridgehead atoms. The SMILES string of the molecule is Cc1ccc([C@H](C(=O)NC2CCCCC2)N(Cc2ccc3c(c2)OCO3)C(=O)Cn2nnc(-c3ccccc3F)n2)o1. The second-order valence-corrected chi connectivity index (χ2v) is 10.5. The van der Waals surface area contributed by atoms with Gasteiger partial charge in [0, 0.05) is 12.6 Å². The van der Waals surface area contributed by atoms with Crippen LogP contribution >= 0.6 is 0 Å². The average Bonchev–Trinajstić information content (AvgIpc) is 3.75. The molecule has 1 saturated carbocycles. The molecule has 2 aromatic carbocycles. The summed E-state index contributed by atoms with van der Waals surface area (Å²) in [5.74, 6) is 0.891. The summed E-state index contributed by atoms with van der Waals surface area (Å²) in [6.07, 6.45) is 4.98. The molecule has 1 atom stereocenters. The van der Waals surface area contributed by atoms with Crippen LogP contribution in [-0.4, -0.2) is 49.8 Å². The molecule has 1 N–H and O–H groups in total. The maximum Gasteiger partial charge on any atom is 0.250 e. The van der Waals surface area contributed by atoms with Crippen LogP contribution in [0.1, 0.15) is 55.2 Å². The van der Waals surface area contributed by atoms with Crippen LogP contribution in [0.4, 0.5) is 4.39 Å². The number of nitrogens with one attached hydrogen (secondary N) is 1. The highest BCUT2D eigenvalue weighted by Crippen LogP contribution is 2.34. The predicted molar refractivity (Wildman–Crippen MR) is 148 cm³/mol. The first-order valence-electron chi connectivity index (χ1n) is 14.0. The number of rotatable bonds is 9. The smallest absolute Gasteiger partial charge is 0.250 e. The van der Waals surface area contributed by atoms with E-state index in [0.717, 1.165) is 42.5 Å². The van der Waals surface area contributed by atoms with Crippen LogP contribution in [0.3, 0.4) is 0 Å².